The van der Waals surface area contributed by atoms with Crippen molar-refractivity contribution in [3.05, 3.63) is 50.4 Å². The van der Waals surface area contributed by atoms with Crippen molar-refractivity contribution < 1.29 is 18.7 Å². The second kappa shape index (κ2) is 12.9. The zero-order valence-corrected chi connectivity index (χ0v) is 30.1. The first-order chi connectivity index (χ1) is 22.5. The Hall–Kier alpha value is -2.27. The summed E-state index contributed by atoms with van der Waals surface area (Å²) in [5.41, 5.74) is 4.16. The normalized spacial score (nSPS) is 33.5. The number of esters is 1. The number of rotatable bonds is 9. The summed E-state index contributed by atoms with van der Waals surface area (Å²) in [6, 6.07) is 3.43. The first kappa shape index (κ1) is 33.2. The van der Waals surface area contributed by atoms with Crippen molar-refractivity contribution in [1.82, 2.24) is 0 Å². The fourth-order valence-electron chi connectivity index (χ4n) is 11.5. The Bertz CT molecular complexity index is 1600. The topological polar surface area (TPSA) is 65.7 Å². The second-order valence-electron chi connectivity index (χ2n) is 16.9. The summed E-state index contributed by atoms with van der Waals surface area (Å²) in [7, 11) is 0. The van der Waals surface area contributed by atoms with Crippen molar-refractivity contribution >= 4 is 28.5 Å². The van der Waals surface area contributed by atoms with Gasteiger partial charge in [0.2, 0.25) is 0 Å². The highest BCUT2D eigenvalue weighted by Crippen LogP contribution is 2.67. The molecule has 5 nitrogen and oxygen atoms in total. The lowest BCUT2D eigenvalue weighted by Gasteiger charge is -2.58. The third kappa shape index (κ3) is 5.99. The summed E-state index contributed by atoms with van der Waals surface area (Å²) in [6.45, 7) is 12.2. The quantitative estimate of drug-likeness (QED) is 0.152. The summed E-state index contributed by atoms with van der Waals surface area (Å²) in [5.74, 6) is 4.84. The summed E-state index contributed by atoms with van der Waals surface area (Å²) in [6.07, 6.45) is 18.6. The average molecular weight is 663 g/mol. The van der Waals surface area contributed by atoms with E-state index in [1.807, 2.05) is 0 Å². The number of hydrogen-bond donors (Lipinski definition) is 0. The van der Waals surface area contributed by atoms with Crippen LogP contribution in [0.4, 0.5) is 0 Å². The van der Waals surface area contributed by atoms with Crippen molar-refractivity contribution in [2.24, 2.45) is 46.3 Å². The molecule has 5 aliphatic rings. The first-order valence-electron chi connectivity index (χ1n) is 18.8. The van der Waals surface area contributed by atoms with Crippen molar-refractivity contribution in [2.75, 3.05) is 6.61 Å². The van der Waals surface area contributed by atoms with Crippen LogP contribution in [-0.4, -0.2) is 18.7 Å². The first-order valence-corrected chi connectivity index (χ1v) is 19.2. The van der Waals surface area contributed by atoms with Gasteiger partial charge in [0.25, 0.3) is 0 Å². The van der Waals surface area contributed by atoms with Crippen molar-refractivity contribution in [2.45, 2.75) is 131 Å². The molecule has 256 valence electrons. The van der Waals surface area contributed by atoms with E-state index < -0.39 is 0 Å². The molecule has 5 aliphatic carbocycles. The summed E-state index contributed by atoms with van der Waals surface area (Å²) in [5, 5.41) is 1.26. The van der Waals surface area contributed by atoms with Gasteiger partial charge in [-0.25, -0.2) is 9.59 Å². The molecule has 3 saturated carbocycles. The minimum Gasteiger partial charge on any atom is -0.480 e. The largest absolute Gasteiger partial charge is 0.480 e. The minimum atomic E-state index is -0.382. The van der Waals surface area contributed by atoms with Gasteiger partial charge in [0.05, 0.1) is 5.02 Å². The van der Waals surface area contributed by atoms with Gasteiger partial charge in [0, 0.05) is 23.4 Å². The summed E-state index contributed by atoms with van der Waals surface area (Å²) < 4.78 is 17.4. The maximum atomic E-state index is 13.0. The molecule has 0 bridgehead atoms. The van der Waals surface area contributed by atoms with Crippen LogP contribution in [0.3, 0.4) is 0 Å². The van der Waals surface area contributed by atoms with Gasteiger partial charge >= 0.3 is 11.6 Å². The fourth-order valence-corrected chi connectivity index (χ4v) is 11.7. The molecule has 0 N–H and O–H groups in total. The molecule has 0 spiro atoms. The van der Waals surface area contributed by atoms with Gasteiger partial charge in [0.15, 0.2) is 6.61 Å². The summed E-state index contributed by atoms with van der Waals surface area (Å²) >= 11 is 6.56. The number of ether oxygens (including phenoxy) is 2. The molecular weight excluding hydrogens is 608 g/mol. The van der Waals surface area contributed by atoms with E-state index >= 15 is 0 Å². The number of aryl methyl sites for hydroxylation is 1. The molecule has 0 radical (unpaired) electrons. The molecule has 0 aliphatic heterocycles. The van der Waals surface area contributed by atoms with E-state index in [0.29, 0.717) is 21.8 Å². The maximum absolute atomic E-state index is 13.0. The van der Waals surface area contributed by atoms with E-state index in [-0.39, 0.29) is 29.7 Å². The highest BCUT2D eigenvalue weighted by Gasteiger charge is 2.59. The second-order valence-corrected chi connectivity index (χ2v) is 17.3. The number of benzene rings is 1. The maximum Gasteiger partial charge on any atom is 0.344 e. The SMILES string of the molecule is CC(C)CCC[C@@H](C)[C@H]1CC[C@@H]2[C@H]3CC=C4C[C@@H](OC(=O)COc5cc6oc(=O)c7c(c6cc5Cl)CCC7)CC[C@]4(C)[C@H]3CC[C@@]21C. The predicted octanol–water partition coefficient (Wildman–Crippen LogP) is 10.3. The van der Waals surface area contributed by atoms with Gasteiger partial charge in [-0.05, 0) is 122 Å². The third-order valence-corrected chi connectivity index (χ3v) is 14.2. The molecular formula is C41H55ClO5. The van der Waals surface area contributed by atoms with Gasteiger partial charge in [-0.2, -0.15) is 0 Å². The van der Waals surface area contributed by atoms with Crippen LogP contribution in [0.25, 0.3) is 11.0 Å². The molecule has 2 aromatic rings. The Kier molecular flexibility index (Phi) is 9.11. The lowest BCUT2D eigenvalue weighted by molar-refractivity contribution is -0.153. The van der Waals surface area contributed by atoms with Crippen LogP contribution in [0.5, 0.6) is 5.75 Å². The van der Waals surface area contributed by atoms with Crippen LogP contribution in [0, 0.1) is 46.3 Å². The Balaban J connectivity index is 0.966. The number of carbonyl (C=O) groups excluding carboxylic acids is 1. The van der Waals surface area contributed by atoms with Crippen LogP contribution < -0.4 is 10.4 Å². The average Bonchev–Trinajstić information content (AvgIpc) is 3.66. The molecule has 3 fully saturated rings. The van der Waals surface area contributed by atoms with E-state index in [2.05, 4.69) is 40.7 Å². The zero-order chi connectivity index (χ0) is 33.1. The van der Waals surface area contributed by atoms with Gasteiger partial charge < -0.3 is 13.9 Å². The van der Waals surface area contributed by atoms with Crippen molar-refractivity contribution in [3.63, 3.8) is 0 Å². The van der Waals surface area contributed by atoms with Gasteiger partial charge in [0.1, 0.15) is 17.4 Å². The monoisotopic (exact) mass is 662 g/mol. The third-order valence-electron chi connectivity index (χ3n) is 13.9. The standard InChI is InChI=1S/C41H55ClO5/c1-24(2)8-6-9-25(3)32-14-15-33-30-13-12-26-20-27(16-18-40(26,4)34(30)17-19-41(32,33)5)46-38(43)23-45-37-22-36-31(21-35(37)42)28-10-7-11-29(28)39(44)47-36/h12,21-22,24-25,27,30,32-34H,6-11,13-20,23H2,1-5H3/t25-,27+,30-,32-,33-,34+,40+,41-/m1/s1. The van der Waals surface area contributed by atoms with Crippen LogP contribution >= 0.6 is 11.6 Å². The highest BCUT2D eigenvalue weighted by molar-refractivity contribution is 6.32. The summed E-state index contributed by atoms with van der Waals surface area (Å²) in [4.78, 5) is 25.4. The molecule has 1 heterocycles. The highest BCUT2D eigenvalue weighted by atomic mass is 35.5. The van der Waals surface area contributed by atoms with Crippen LogP contribution in [0.2, 0.25) is 5.02 Å². The molecule has 1 aromatic heterocycles. The molecule has 1 aromatic carbocycles. The fraction of sp³-hybridized carbons (Fsp3) is 0.707. The smallest absolute Gasteiger partial charge is 0.344 e. The van der Waals surface area contributed by atoms with Gasteiger partial charge in [-0.1, -0.05) is 77.1 Å². The molecule has 8 atom stereocenters. The van der Waals surface area contributed by atoms with Crippen LogP contribution in [0.15, 0.2) is 33.0 Å². The Morgan fingerprint density at radius 3 is 2.64 bits per heavy atom. The van der Waals surface area contributed by atoms with Gasteiger partial charge in [-0.3, -0.25) is 0 Å². The molecule has 7 rings (SSSR count). The van der Waals surface area contributed by atoms with Crippen LogP contribution in [-0.2, 0) is 22.4 Å². The molecule has 47 heavy (non-hydrogen) atoms. The molecule has 0 unspecified atom stereocenters. The minimum absolute atomic E-state index is 0.119. The van der Waals surface area contributed by atoms with E-state index in [9.17, 15) is 9.59 Å². The van der Waals surface area contributed by atoms with E-state index in [1.165, 1.54) is 56.9 Å². The Labute approximate surface area is 286 Å². The number of carbonyl (C=O) groups is 1. The Morgan fingerprint density at radius 2 is 1.83 bits per heavy atom. The Morgan fingerprint density at radius 1 is 1.02 bits per heavy atom. The number of allylic oxidation sites excluding steroid dienone is 1. The lowest BCUT2D eigenvalue weighted by Crippen LogP contribution is -2.51. The molecule has 0 amide bonds. The van der Waals surface area contributed by atoms with E-state index in [4.69, 9.17) is 25.5 Å². The van der Waals surface area contributed by atoms with Crippen molar-refractivity contribution in [1.29, 1.82) is 0 Å². The predicted molar refractivity (Wildman–Crippen MR) is 188 cm³/mol. The molecule has 0 saturated heterocycles. The van der Waals surface area contributed by atoms with Gasteiger partial charge in [-0.15, -0.1) is 0 Å². The van der Waals surface area contributed by atoms with Crippen LogP contribution in [0.1, 0.15) is 123 Å². The number of hydrogen-bond acceptors (Lipinski definition) is 5. The van der Waals surface area contributed by atoms with E-state index in [0.717, 1.165) is 90.5 Å². The molecule has 6 heteroatoms. The zero-order valence-electron chi connectivity index (χ0n) is 29.3. The van der Waals surface area contributed by atoms with Crippen molar-refractivity contribution in [3.8, 4) is 5.75 Å². The lowest BCUT2D eigenvalue weighted by atomic mass is 9.47. The number of fused-ring (bicyclic) bond motifs is 8. The number of halogens is 1. The van der Waals surface area contributed by atoms with E-state index in [1.54, 1.807) is 12.1 Å².